The Labute approximate surface area is 512 Å². The molecule has 0 N–H and O–H groups in total. The van der Waals surface area contributed by atoms with Crippen molar-refractivity contribution in [3.05, 3.63) is 263 Å². The highest BCUT2D eigenvalue weighted by Gasteiger charge is 2.33. The van der Waals surface area contributed by atoms with E-state index in [-0.39, 0.29) is 13.2 Å². The second-order valence-electron chi connectivity index (χ2n) is 22.9. The van der Waals surface area contributed by atoms with Crippen LogP contribution in [0, 0.1) is 13.8 Å². The van der Waals surface area contributed by atoms with Crippen molar-refractivity contribution in [1.29, 1.82) is 0 Å². The first-order valence-electron chi connectivity index (χ1n) is 29.4. The van der Waals surface area contributed by atoms with Crippen LogP contribution < -0.4 is 29.1 Å². The molecule has 86 heavy (non-hydrogen) atoms. The van der Waals surface area contributed by atoms with E-state index in [0.29, 0.717) is 34.6 Å². The van der Waals surface area contributed by atoms with Crippen LogP contribution in [0.25, 0.3) is 86.9 Å². The maximum atomic E-state index is 8.11. The summed E-state index contributed by atoms with van der Waals surface area (Å²) >= 11 is 16.2. The number of benzene rings is 14. The van der Waals surface area contributed by atoms with Crippen LogP contribution in [0.2, 0.25) is 10.0 Å². The molecule has 0 atom stereocenters. The van der Waals surface area contributed by atoms with E-state index in [1.807, 2.05) is 0 Å². The van der Waals surface area contributed by atoms with E-state index in [4.69, 9.17) is 32.7 Å². The summed E-state index contributed by atoms with van der Waals surface area (Å²) in [5.74, 6) is 1.12. The van der Waals surface area contributed by atoms with Gasteiger partial charge in [-0.25, -0.2) is 0 Å². The number of anilines is 6. The molecule has 0 aliphatic carbocycles. The Morgan fingerprint density at radius 1 is 0.326 bits per heavy atom. The number of para-hydroxylation sites is 2. The molecule has 0 aromatic heterocycles. The molecule has 0 heterocycles. The molecule has 0 radical (unpaired) electrons. The average Bonchev–Trinajstić information content (AvgIpc) is 0.830. The van der Waals surface area contributed by atoms with E-state index in [1.54, 1.807) is 0 Å². The fraction of sp³-hybridized carbons (Fsp3) is 0.128. The van der Waals surface area contributed by atoms with Gasteiger partial charge in [0.15, 0.2) is 11.5 Å². The van der Waals surface area contributed by atoms with Gasteiger partial charge >= 0.3 is 0 Å². The number of nitrogens with zero attached hydrogens (tertiary/aromatic N) is 4. The van der Waals surface area contributed by atoms with Gasteiger partial charge < -0.3 is 29.1 Å². The summed E-state index contributed by atoms with van der Waals surface area (Å²) in [5.41, 5.74) is 14.1. The van der Waals surface area contributed by atoms with Crippen LogP contribution >= 0.6 is 23.2 Å². The summed E-state index contributed by atoms with van der Waals surface area (Å²) in [6.07, 6.45) is 0. The third kappa shape index (κ3) is 9.36. The summed E-state index contributed by atoms with van der Waals surface area (Å²) in [6.45, 7) is 5.88. The molecule has 0 saturated heterocycles. The Bertz CT molecular complexity index is 4480. The Kier molecular flexibility index (Phi) is 14.3. The van der Waals surface area contributed by atoms with Crippen molar-refractivity contribution >= 4 is 122 Å². The molecule has 422 valence electrons. The van der Waals surface area contributed by atoms with E-state index in [0.717, 1.165) is 89.4 Å². The lowest BCUT2D eigenvalue weighted by molar-refractivity contribution is 0.218. The van der Waals surface area contributed by atoms with Gasteiger partial charge in [0.2, 0.25) is 0 Å². The van der Waals surface area contributed by atoms with Gasteiger partial charge in [0.1, 0.15) is 24.6 Å². The molecule has 14 aromatic rings. The summed E-state index contributed by atoms with van der Waals surface area (Å²) in [5, 5.41) is 15.4. The van der Waals surface area contributed by atoms with Gasteiger partial charge in [0, 0.05) is 63.8 Å². The highest BCUT2D eigenvalue weighted by Crippen LogP contribution is 2.57. The quantitative estimate of drug-likeness (QED) is 0.0667. The molecular formula is C78H64Cl2N4O2. The molecular weight excluding hydrogens is 1100 g/mol. The second kappa shape index (κ2) is 22.5. The fourth-order valence-corrected chi connectivity index (χ4v) is 14.3. The first-order valence-corrected chi connectivity index (χ1v) is 30.2. The summed E-state index contributed by atoms with van der Waals surface area (Å²) < 4.78 is 14.6. The van der Waals surface area contributed by atoms with Crippen molar-refractivity contribution in [2.75, 3.05) is 61.0 Å². The Morgan fingerprint density at radius 2 is 0.640 bits per heavy atom. The van der Waals surface area contributed by atoms with Gasteiger partial charge in [-0.05, 0) is 136 Å². The minimum absolute atomic E-state index is 0.137. The first-order chi connectivity index (χ1) is 42.0. The van der Waals surface area contributed by atoms with Gasteiger partial charge in [-0.1, -0.05) is 229 Å². The summed E-state index contributed by atoms with van der Waals surface area (Å²) in [4.78, 5) is 9.09. The Hall–Kier alpha value is -9.46. The van der Waals surface area contributed by atoms with Crippen molar-refractivity contribution in [3.8, 4) is 33.8 Å². The fourth-order valence-electron chi connectivity index (χ4n) is 13.5. The zero-order chi connectivity index (χ0) is 58.7. The van der Waals surface area contributed by atoms with Crippen LogP contribution in [-0.2, 0) is 13.1 Å². The highest BCUT2D eigenvalue weighted by molar-refractivity contribution is 6.38. The summed E-state index contributed by atoms with van der Waals surface area (Å²) in [6, 6.07) is 82.5. The van der Waals surface area contributed by atoms with Crippen molar-refractivity contribution in [2.45, 2.75) is 26.9 Å². The largest absolute Gasteiger partial charge is 0.486 e. The Balaban J connectivity index is 0.949. The highest BCUT2D eigenvalue weighted by atomic mass is 35.5. The van der Waals surface area contributed by atoms with Crippen LogP contribution in [-0.4, -0.2) is 41.4 Å². The molecule has 14 aromatic carbocycles. The zero-order valence-corrected chi connectivity index (χ0v) is 50.6. The van der Waals surface area contributed by atoms with Crippen LogP contribution in [0.1, 0.15) is 22.3 Å². The van der Waals surface area contributed by atoms with E-state index >= 15 is 0 Å². The molecule has 0 fully saturated rings. The third-order valence-electron chi connectivity index (χ3n) is 17.3. The molecule has 0 unspecified atom stereocenters. The second-order valence-corrected chi connectivity index (χ2v) is 23.7. The molecule has 6 nitrogen and oxygen atoms in total. The van der Waals surface area contributed by atoms with Crippen molar-refractivity contribution in [2.24, 2.45) is 0 Å². The monoisotopic (exact) mass is 1160 g/mol. The number of ether oxygens (including phenoxy) is 2. The van der Waals surface area contributed by atoms with E-state index in [2.05, 4.69) is 292 Å². The van der Waals surface area contributed by atoms with Crippen LogP contribution in [0.5, 0.6) is 11.5 Å². The van der Waals surface area contributed by atoms with Gasteiger partial charge in [-0.15, -0.1) is 0 Å². The van der Waals surface area contributed by atoms with E-state index in [9.17, 15) is 0 Å². The number of halogens is 2. The predicted octanol–water partition coefficient (Wildman–Crippen LogP) is 21.0. The topological polar surface area (TPSA) is 31.4 Å². The lowest BCUT2D eigenvalue weighted by atomic mass is 9.87. The molecule has 0 saturated carbocycles. The molecule has 0 spiro atoms. The number of hydrogen-bond acceptors (Lipinski definition) is 6. The average molecular weight is 1160 g/mol. The zero-order valence-electron chi connectivity index (χ0n) is 49.1. The van der Waals surface area contributed by atoms with E-state index < -0.39 is 0 Å². The minimum atomic E-state index is 0.137. The molecule has 0 aliphatic rings. The van der Waals surface area contributed by atoms with Crippen LogP contribution in [0.3, 0.4) is 0 Å². The van der Waals surface area contributed by atoms with Gasteiger partial charge in [0.25, 0.3) is 0 Å². The lowest BCUT2D eigenvalue weighted by Gasteiger charge is -2.35. The van der Waals surface area contributed by atoms with Gasteiger partial charge in [0.05, 0.1) is 21.4 Å². The maximum absolute atomic E-state index is 8.11. The number of rotatable bonds is 17. The molecule has 0 amide bonds. The number of hydrogen-bond donors (Lipinski definition) is 0. The molecule has 8 heteroatoms. The SMILES string of the molecule is Cc1c(-c2ccc3ccc4cccc5ccc2c3c45)c(Cl)c(OCCOc2c(Cl)c(-c3ccc4ccc5cccc6ccc3c4c56)c(C)c(N(Cc3ccccc3)c3ccccc3)c2N(C)C)c(N(C)C)c1N(Cc1ccccc1)c1ccccc1. The van der Waals surface area contributed by atoms with Crippen molar-refractivity contribution < 1.29 is 9.47 Å². The molecule has 0 aliphatic heterocycles. The van der Waals surface area contributed by atoms with Crippen LogP contribution in [0.15, 0.2) is 231 Å². The predicted molar refractivity (Wildman–Crippen MR) is 368 cm³/mol. The standard InChI is InChI=1S/C78H64Cl2N4O2/c1-49-65(61-41-39-57-35-33-53-25-19-27-55-37-43-63(61)69(57)67(53)55)71(79)77(75(81(3)4)73(49)83(59-29-15-9-16-30-59)47-51-21-11-7-12-22-51)85-45-46-86-78-72(80)66(62-42-40-58-36-34-54-26-20-28-56-38-44-64(62)70(58)68(54)56)50(2)74(76(78)82(5)6)84(60-31-17-10-18-32-60)48-52-23-13-8-14-24-52/h7-44H,45-48H2,1-6H3. The maximum Gasteiger partial charge on any atom is 0.164 e. The summed E-state index contributed by atoms with van der Waals surface area (Å²) in [7, 11) is 8.30. The van der Waals surface area contributed by atoms with Gasteiger partial charge in [-0.2, -0.15) is 0 Å². The molecule has 0 bridgehead atoms. The van der Waals surface area contributed by atoms with Crippen molar-refractivity contribution in [1.82, 2.24) is 0 Å². The van der Waals surface area contributed by atoms with Crippen LogP contribution in [0.4, 0.5) is 34.1 Å². The molecule has 14 rings (SSSR count). The smallest absolute Gasteiger partial charge is 0.164 e. The third-order valence-corrected chi connectivity index (χ3v) is 18.0. The minimum Gasteiger partial charge on any atom is -0.486 e. The van der Waals surface area contributed by atoms with E-state index in [1.165, 1.54) is 53.9 Å². The van der Waals surface area contributed by atoms with Gasteiger partial charge in [-0.3, -0.25) is 0 Å². The normalized spacial score (nSPS) is 11.7. The van der Waals surface area contributed by atoms with Crippen molar-refractivity contribution in [3.63, 3.8) is 0 Å². The Morgan fingerprint density at radius 3 is 0.988 bits per heavy atom. The lowest BCUT2D eigenvalue weighted by Crippen LogP contribution is -2.24. The first kappa shape index (κ1) is 54.5.